The van der Waals surface area contributed by atoms with Crippen LogP contribution in [0.5, 0.6) is 0 Å². The third-order valence-electron chi connectivity index (χ3n) is 3.60. The van der Waals surface area contributed by atoms with Crippen molar-refractivity contribution in [1.29, 1.82) is 0 Å². The van der Waals surface area contributed by atoms with Gasteiger partial charge in [-0.05, 0) is 31.0 Å². The number of benzene rings is 1. The van der Waals surface area contributed by atoms with Crippen LogP contribution in [-0.4, -0.2) is 18.1 Å². The number of nitrogens with zero attached hydrogens (tertiary/aromatic N) is 1. The second kappa shape index (κ2) is 7.71. The lowest BCUT2D eigenvalue weighted by Crippen LogP contribution is -2.29. The van der Waals surface area contributed by atoms with E-state index in [0.717, 1.165) is 24.3 Å². The van der Waals surface area contributed by atoms with Crippen molar-refractivity contribution in [2.45, 2.75) is 33.6 Å². The number of hydrogen-bond donors (Lipinski definition) is 1. The van der Waals surface area contributed by atoms with Gasteiger partial charge in [0.2, 0.25) is 0 Å². The molecule has 0 unspecified atom stereocenters. The van der Waals surface area contributed by atoms with E-state index >= 15 is 0 Å². The highest BCUT2D eigenvalue weighted by Gasteiger charge is 2.12. The van der Waals surface area contributed by atoms with E-state index in [4.69, 9.17) is 29.6 Å². The van der Waals surface area contributed by atoms with Crippen LogP contribution in [0.25, 0.3) is 0 Å². The third kappa shape index (κ3) is 4.36. The molecule has 0 aliphatic carbocycles. The smallest absolute Gasteiger partial charge is 0.105 e. The summed E-state index contributed by atoms with van der Waals surface area (Å²) in [5.74, 6) is 0.717. The molecular weight excluding hydrogens is 276 g/mol. The predicted molar refractivity (Wildman–Crippen MR) is 89.3 cm³/mol. The summed E-state index contributed by atoms with van der Waals surface area (Å²) in [4.78, 5) is 2.70. The average molecular weight is 299 g/mol. The van der Waals surface area contributed by atoms with E-state index in [1.54, 1.807) is 0 Å². The van der Waals surface area contributed by atoms with E-state index < -0.39 is 0 Å². The molecule has 0 aliphatic rings. The fourth-order valence-corrected chi connectivity index (χ4v) is 2.69. The number of nitrogens with two attached hydrogens (primary N) is 1. The van der Waals surface area contributed by atoms with Crippen molar-refractivity contribution in [3.63, 3.8) is 0 Å². The number of rotatable bonds is 7. The fraction of sp³-hybridized carbons (Fsp3) is 0.533. The third-order valence-corrected chi connectivity index (χ3v) is 4.13. The highest BCUT2D eigenvalue weighted by molar-refractivity contribution is 7.80. The lowest BCUT2D eigenvalue weighted by Gasteiger charge is -2.28. The van der Waals surface area contributed by atoms with E-state index in [0.29, 0.717) is 15.9 Å². The largest absolute Gasteiger partial charge is 0.389 e. The Morgan fingerprint density at radius 3 is 2.37 bits per heavy atom. The van der Waals surface area contributed by atoms with Crippen molar-refractivity contribution in [3.05, 3.63) is 28.8 Å². The topological polar surface area (TPSA) is 29.3 Å². The molecular formula is C15H23ClN2S. The zero-order chi connectivity index (χ0) is 14.4. The summed E-state index contributed by atoms with van der Waals surface area (Å²) in [6.07, 6.45) is 2.40. The second-order valence-corrected chi connectivity index (χ2v) is 5.60. The van der Waals surface area contributed by atoms with Gasteiger partial charge in [-0.1, -0.05) is 50.5 Å². The van der Waals surface area contributed by atoms with E-state index in [2.05, 4.69) is 25.7 Å². The Morgan fingerprint density at radius 2 is 1.95 bits per heavy atom. The lowest BCUT2D eigenvalue weighted by molar-refractivity contribution is 0.486. The van der Waals surface area contributed by atoms with Crippen LogP contribution in [0.3, 0.4) is 0 Å². The minimum absolute atomic E-state index is 0.347. The Balaban J connectivity index is 2.93. The summed E-state index contributed by atoms with van der Waals surface area (Å²) in [7, 11) is 0. The van der Waals surface area contributed by atoms with Crippen molar-refractivity contribution in [2.75, 3.05) is 18.0 Å². The van der Waals surface area contributed by atoms with Crippen LogP contribution in [0.4, 0.5) is 5.69 Å². The molecule has 0 aromatic heterocycles. The minimum Gasteiger partial charge on any atom is -0.389 e. The van der Waals surface area contributed by atoms with Gasteiger partial charge in [-0.25, -0.2) is 0 Å². The van der Waals surface area contributed by atoms with Gasteiger partial charge in [0.25, 0.3) is 0 Å². The maximum atomic E-state index is 6.24. The zero-order valence-corrected chi connectivity index (χ0v) is 13.5. The van der Waals surface area contributed by atoms with Crippen molar-refractivity contribution in [1.82, 2.24) is 0 Å². The first-order valence-corrected chi connectivity index (χ1v) is 7.66. The number of thiocarbonyl (C=S) groups is 1. The molecule has 1 rings (SSSR count). The molecule has 0 fully saturated rings. The molecule has 4 heteroatoms. The quantitative estimate of drug-likeness (QED) is 0.764. The molecule has 19 heavy (non-hydrogen) atoms. The SMILES string of the molecule is CCC(CC)CN(CC)c1ccc(C(N)=S)c(Cl)c1. The van der Waals surface area contributed by atoms with Gasteiger partial charge in [-0.15, -0.1) is 0 Å². The first-order chi connectivity index (χ1) is 9.03. The Kier molecular flexibility index (Phi) is 6.59. The van der Waals surface area contributed by atoms with E-state index in [1.165, 1.54) is 12.8 Å². The molecule has 0 aliphatic heterocycles. The number of hydrogen-bond acceptors (Lipinski definition) is 2. The molecule has 0 atom stereocenters. The van der Waals surface area contributed by atoms with Crippen molar-refractivity contribution in [3.8, 4) is 0 Å². The van der Waals surface area contributed by atoms with E-state index in [1.807, 2.05) is 18.2 Å². The molecule has 2 nitrogen and oxygen atoms in total. The Bertz CT molecular complexity index is 430. The van der Waals surface area contributed by atoms with Gasteiger partial charge in [0, 0.05) is 24.3 Å². The van der Waals surface area contributed by atoms with E-state index in [9.17, 15) is 0 Å². The van der Waals surface area contributed by atoms with Crippen LogP contribution in [0.1, 0.15) is 39.2 Å². The molecule has 1 aromatic carbocycles. The summed E-state index contributed by atoms with van der Waals surface area (Å²) in [6.45, 7) is 8.68. The van der Waals surface area contributed by atoms with Crippen molar-refractivity contribution < 1.29 is 0 Å². The first kappa shape index (κ1) is 16.3. The average Bonchev–Trinajstić information content (AvgIpc) is 2.39. The number of halogens is 1. The summed E-state index contributed by atoms with van der Waals surface area (Å²) in [5.41, 5.74) is 7.52. The lowest BCUT2D eigenvalue weighted by atomic mass is 10.0. The molecule has 0 heterocycles. The highest BCUT2D eigenvalue weighted by atomic mass is 35.5. The summed E-state index contributed by atoms with van der Waals surface area (Å²) in [5, 5.41) is 0.632. The van der Waals surface area contributed by atoms with Crippen molar-refractivity contribution in [2.24, 2.45) is 11.7 Å². The van der Waals surface area contributed by atoms with Gasteiger partial charge in [0.1, 0.15) is 4.99 Å². The van der Waals surface area contributed by atoms with Gasteiger partial charge < -0.3 is 10.6 Å². The van der Waals surface area contributed by atoms with Crippen LogP contribution >= 0.6 is 23.8 Å². The maximum absolute atomic E-state index is 6.24. The van der Waals surface area contributed by atoms with Crippen molar-refractivity contribution >= 4 is 34.5 Å². The maximum Gasteiger partial charge on any atom is 0.105 e. The Labute approximate surface area is 126 Å². The molecule has 1 aromatic rings. The first-order valence-electron chi connectivity index (χ1n) is 6.87. The second-order valence-electron chi connectivity index (χ2n) is 4.75. The van der Waals surface area contributed by atoms with Crippen LogP contribution in [0, 0.1) is 5.92 Å². The zero-order valence-electron chi connectivity index (χ0n) is 11.9. The predicted octanol–water partition coefficient (Wildman–Crippen LogP) is 4.24. The molecule has 106 valence electrons. The van der Waals surface area contributed by atoms with Gasteiger partial charge in [-0.2, -0.15) is 0 Å². The molecule has 0 saturated carbocycles. The molecule has 0 spiro atoms. The number of anilines is 1. The fourth-order valence-electron chi connectivity index (χ4n) is 2.18. The molecule has 0 bridgehead atoms. The van der Waals surface area contributed by atoms with Gasteiger partial charge in [0.05, 0.1) is 5.02 Å². The van der Waals surface area contributed by atoms with E-state index in [-0.39, 0.29) is 0 Å². The molecule has 0 saturated heterocycles. The van der Waals surface area contributed by atoms with Crippen LogP contribution < -0.4 is 10.6 Å². The van der Waals surface area contributed by atoms with Crippen LogP contribution in [-0.2, 0) is 0 Å². The molecule has 0 radical (unpaired) electrons. The van der Waals surface area contributed by atoms with Crippen LogP contribution in [0.2, 0.25) is 5.02 Å². The summed E-state index contributed by atoms with van der Waals surface area (Å²) >= 11 is 11.2. The van der Waals surface area contributed by atoms with Crippen LogP contribution in [0.15, 0.2) is 18.2 Å². The monoisotopic (exact) mass is 298 g/mol. The van der Waals surface area contributed by atoms with Gasteiger partial charge in [-0.3, -0.25) is 0 Å². The Hall–Kier alpha value is -0.800. The van der Waals surface area contributed by atoms with Gasteiger partial charge >= 0.3 is 0 Å². The molecule has 0 amide bonds. The molecule has 2 N–H and O–H groups in total. The minimum atomic E-state index is 0.347. The Morgan fingerprint density at radius 1 is 1.32 bits per heavy atom. The highest BCUT2D eigenvalue weighted by Crippen LogP contribution is 2.25. The van der Waals surface area contributed by atoms with Gasteiger partial charge in [0.15, 0.2) is 0 Å². The summed E-state index contributed by atoms with van der Waals surface area (Å²) in [6, 6.07) is 5.92. The standard InChI is InChI=1S/C15H23ClN2S/c1-4-11(5-2)10-18(6-3)12-7-8-13(15(17)19)14(16)9-12/h7-9,11H,4-6,10H2,1-3H3,(H2,17,19). The summed E-state index contributed by atoms with van der Waals surface area (Å²) < 4.78 is 0. The normalized spacial score (nSPS) is 10.8.